The Hall–Kier alpha value is -2.23. The van der Waals surface area contributed by atoms with Crippen molar-refractivity contribution in [1.29, 1.82) is 0 Å². The molecule has 2 aromatic rings. The first-order valence-corrected chi connectivity index (χ1v) is 6.57. The monoisotopic (exact) mass is 271 g/mol. The second kappa shape index (κ2) is 5.82. The summed E-state index contributed by atoms with van der Waals surface area (Å²) in [4.78, 5) is 4.60. The lowest BCUT2D eigenvalue weighted by Crippen LogP contribution is -1.96. The van der Waals surface area contributed by atoms with Gasteiger partial charge >= 0.3 is 0 Å². The van der Waals surface area contributed by atoms with Gasteiger partial charge in [-0.2, -0.15) is 5.10 Å². The van der Waals surface area contributed by atoms with E-state index in [-0.39, 0.29) is 5.83 Å². The second-order valence-corrected chi connectivity index (χ2v) is 4.81. The number of rotatable bonds is 4. The number of fused-ring (bicyclic) bond motifs is 1. The summed E-state index contributed by atoms with van der Waals surface area (Å²) in [7, 11) is 0. The van der Waals surface area contributed by atoms with E-state index in [1.165, 1.54) is 12.2 Å². The summed E-state index contributed by atoms with van der Waals surface area (Å²) in [6, 6.07) is 1.83. The quantitative estimate of drug-likeness (QED) is 0.776. The van der Waals surface area contributed by atoms with Crippen LogP contribution in [0.25, 0.3) is 11.2 Å². The minimum atomic E-state index is -0.377. The normalized spacial score (nSPS) is 13.2. The largest absolute Gasteiger partial charge is 0.228 e. The molecule has 0 amide bonds. The van der Waals surface area contributed by atoms with E-state index in [1.54, 1.807) is 4.52 Å². The first-order chi connectivity index (χ1) is 9.56. The predicted octanol–water partition coefficient (Wildman–Crippen LogP) is 4.30. The van der Waals surface area contributed by atoms with Crippen molar-refractivity contribution in [3.05, 3.63) is 60.4 Å². The van der Waals surface area contributed by atoms with Crippen molar-refractivity contribution >= 4 is 11.2 Å². The zero-order chi connectivity index (χ0) is 14.7. The van der Waals surface area contributed by atoms with E-state index in [1.807, 2.05) is 31.5 Å². The van der Waals surface area contributed by atoms with Gasteiger partial charge in [0.15, 0.2) is 5.65 Å². The molecule has 0 unspecified atom stereocenters. The summed E-state index contributed by atoms with van der Waals surface area (Å²) in [6.07, 6.45) is 8.10. The van der Waals surface area contributed by atoms with Gasteiger partial charge in [-0.3, -0.25) is 0 Å². The van der Waals surface area contributed by atoms with E-state index >= 15 is 0 Å². The Kier molecular flexibility index (Phi) is 4.13. The molecule has 0 spiro atoms. The highest BCUT2D eigenvalue weighted by Crippen LogP contribution is 2.22. The summed E-state index contributed by atoms with van der Waals surface area (Å²) >= 11 is 0. The van der Waals surface area contributed by atoms with Gasteiger partial charge in [0.25, 0.3) is 0 Å². The van der Waals surface area contributed by atoms with Gasteiger partial charge < -0.3 is 0 Å². The Bertz CT molecular complexity index is 693. The molecule has 0 saturated heterocycles. The molecule has 0 aliphatic heterocycles. The highest BCUT2D eigenvalue weighted by atomic mass is 19.1. The van der Waals surface area contributed by atoms with Crippen molar-refractivity contribution in [3.8, 4) is 0 Å². The van der Waals surface area contributed by atoms with Crippen LogP contribution in [0.3, 0.4) is 0 Å². The topological polar surface area (TPSA) is 30.2 Å². The van der Waals surface area contributed by atoms with Crippen LogP contribution in [-0.4, -0.2) is 14.6 Å². The van der Waals surface area contributed by atoms with Gasteiger partial charge in [-0.1, -0.05) is 26.5 Å². The molecular formula is C16H18FN3. The summed E-state index contributed by atoms with van der Waals surface area (Å²) in [5, 5.41) is 4.27. The van der Waals surface area contributed by atoms with Gasteiger partial charge in [0, 0.05) is 11.8 Å². The summed E-state index contributed by atoms with van der Waals surface area (Å²) in [5.41, 5.74) is 3.33. The molecule has 0 bridgehead atoms. The van der Waals surface area contributed by atoms with Gasteiger partial charge in [0.1, 0.15) is 5.83 Å². The van der Waals surface area contributed by atoms with E-state index in [0.29, 0.717) is 5.92 Å². The third-order valence-electron chi connectivity index (χ3n) is 3.11. The van der Waals surface area contributed by atoms with Crippen LogP contribution in [0.4, 0.5) is 4.39 Å². The average Bonchev–Trinajstić information content (AvgIpc) is 2.87. The zero-order valence-electron chi connectivity index (χ0n) is 12.0. The van der Waals surface area contributed by atoms with Crippen LogP contribution in [0.15, 0.2) is 49.1 Å². The summed E-state index contributed by atoms with van der Waals surface area (Å²) in [5.74, 6) is -0.0397. The molecule has 2 aromatic heterocycles. The Morgan fingerprint density at radius 3 is 2.80 bits per heavy atom. The van der Waals surface area contributed by atoms with E-state index < -0.39 is 0 Å². The van der Waals surface area contributed by atoms with E-state index in [2.05, 4.69) is 30.5 Å². The van der Waals surface area contributed by atoms with Crippen molar-refractivity contribution in [2.75, 3.05) is 0 Å². The molecular weight excluding hydrogens is 253 g/mol. The van der Waals surface area contributed by atoms with Gasteiger partial charge in [0.05, 0.1) is 11.9 Å². The standard InChI is InChI=1S/C16H18FN3/c1-5-12(9-13(17)6-2)15-7-8-20-16(19-15)14(10-18-20)11(3)4/h5-11H,2H2,1,3-4H3/b12-5+,13-9+. The number of nitrogens with zero attached hydrogens (tertiary/aromatic N) is 3. The molecule has 0 aliphatic carbocycles. The highest BCUT2D eigenvalue weighted by molar-refractivity contribution is 5.73. The van der Waals surface area contributed by atoms with Gasteiger partial charge in [-0.15, -0.1) is 0 Å². The first kappa shape index (κ1) is 14.2. The lowest BCUT2D eigenvalue weighted by molar-refractivity contribution is 0.668. The Morgan fingerprint density at radius 1 is 1.45 bits per heavy atom. The number of allylic oxidation sites excluding steroid dienone is 5. The minimum absolute atomic E-state index is 0.338. The second-order valence-electron chi connectivity index (χ2n) is 4.81. The van der Waals surface area contributed by atoms with Crippen LogP contribution < -0.4 is 0 Å². The minimum Gasteiger partial charge on any atom is -0.228 e. The third-order valence-corrected chi connectivity index (χ3v) is 3.11. The molecule has 0 saturated carbocycles. The number of hydrogen-bond acceptors (Lipinski definition) is 2. The molecule has 0 N–H and O–H groups in total. The molecule has 0 aliphatic rings. The van der Waals surface area contributed by atoms with Crippen LogP contribution in [0, 0.1) is 0 Å². The van der Waals surface area contributed by atoms with E-state index in [9.17, 15) is 4.39 Å². The van der Waals surface area contributed by atoms with Crippen molar-refractivity contribution in [2.24, 2.45) is 0 Å². The van der Waals surface area contributed by atoms with Crippen molar-refractivity contribution < 1.29 is 4.39 Å². The van der Waals surface area contributed by atoms with Gasteiger partial charge in [0.2, 0.25) is 0 Å². The summed E-state index contributed by atoms with van der Waals surface area (Å²) < 4.78 is 15.1. The predicted molar refractivity (Wildman–Crippen MR) is 80.1 cm³/mol. The maximum absolute atomic E-state index is 13.4. The number of halogens is 1. The maximum Gasteiger partial charge on any atom is 0.159 e. The molecule has 2 heterocycles. The fourth-order valence-electron chi connectivity index (χ4n) is 1.97. The van der Waals surface area contributed by atoms with E-state index in [0.717, 1.165) is 22.5 Å². The van der Waals surface area contributed by atoms with Gasteiger partial charge in [-0.05, 0) is 36.6 Å². The van der Waals surface area contributed by atoms with Crippen LogP contribution in [-0.2, 0) is 0 Å². The highest BCUT2D eigenvalue weighted by Gasteiger charge is 2.11. The Balaban J connectivity index is 2.55. The molecule has 4 heteroatoms. The molecule has 2 rings (SSSR count). The van der Waals surface area contributed by atoms with Crippen LogP contribution in [0.2, 0.25) is 0 Å². The van der Waals surface area contributed by atoms with Crippen LogP contribution in [0.1, 0.15) is 37.9 Å². The Labute approximate surface area is 118 Å². The molecule has 0 aromatic carbocycles. The maximum atomic E-state index is 13.4. The number of aromatic nitrogens is 3. The van der Waals surface area contributed by atoms with Crippen LogP contribution in [0.5, 0.6) is 0 Å². The molecule has 20 heavy (non-hydrogen) atoms. The zero-order valence-corrected chi connectivity index (χ0v) is 12.0. The molecule has 104 valence electrons. The number of hydrogen-bond donors (Lipinski definition) is 0. The van der Waals surface area contributed by atoms with Crippen molar-refractivity contribution in [2.45, 2.75) is 26.7 Å². The fraction of sp³-hybridized carbons (Fsp3) is 0.250. The third kappa shape index (κ3) is 2.69. The molecule has 0 fully saturated rings. The SMILES string of the molecule is C=C/C(F)=C\C(=C/C)c1ccn2ncc(C(C)C)c2n1. The Morgan fingerprint density at radius 2 is 2.20 bits per heavy atom. The molecule has 3 nitrogen and oxygen atoms in total. The average molecular weight is 271 g/mol. The van der Waals surface area contributed by atoms with Crippen molar-refractivity contribution in [1.82, 2.24) is 14.6 Å². The first-order valence-electron chi connectivity index (χ1n) is 6.57. The fourth-order valence-corrected chi connectivity index (χ4v) is 1.97. The van der Waals surface area contributed by atoms with E-state index in [4.69, 9.17) is 0 Å². The van der Waals surface area contributed by atoms with Crippen LogP contribution >= 0.6 is 0 Å². The lowest BCUT2D eigenvalue weighted by Gasteiger charge is -2.05. The molecule has 0 atom stereocenters. The molecule has 0 radical (unpaired) electrons. The smallest absolute Gasteiger partial charge is 0.159 e. The van der Waals surface area contributed by atoms with Gasteiger partial charge in [-0.25, -0.2) is 13.9 Å². The lowest BCUT2D eigenvalue weighted by atomic mass is 10.1. The summed E-state index contributed by atoms with van der Waals surface area (Å²) in [6.45, 7) is 9.46. The van der Waals surface area contributed by atoms with Crippen molar-refractivity contribution in [3.63, 3.8) is 0 Å².